The standard InChI is InChI=1S/C16H23ClN2O4/c1-4-23-9-5-8-19(11-12(2)16(21)22-3)15(20)13-6-7-18-14(17)10-13/h6-7,10,12H,4-5,8-9,11H2,1-3H3/t12-/m0/s1. The first-order valence-electron chi connectivity index (χ1n) is 7.56. The topological polar surface area (TPSA) is 68.7 Å². The van der Waals surface area contributed by atoms with Gasteiger partial charge < -0.3 is 14.4 Å². The van der Waals surface area contributed by atoms with Crippen molar-refractivity contribution in [3.05, 3.63) is 29.0 Å². The van der Waals surface area contributed by atoms with Gasteiger partial charge in [-0.3, -0.25) is 9.59 Å². The van der Waals surface area contributed by atoms with E-state index in [1.54, 1.807) is 17.9 Å². The largest absolute Gasteiger partial charge is 0.469 e. The molecule has 0 saturated carbocycles. The Labute approximate surface area is 141 Å². The van der Waals surface area contributed by atoms with Crippen LogP contribution < -0.4 is 0 Å². The number of amides is 1. The summed E-state index contributed by atoms with van der Waals surface area (Å²) in [6, 6.07) is 3.12. The van der Waals surface area contributed by atoms with E-state index in [9.17, 15) is 9.59 Å². The number of carbonyl (C=O) groups excluding carboxylic acids is 2. The van der Waals surface area contributed by atoms with Gasteiger partial charge in [-0.05, 0) is 25.5 Å². The fraction of sp³-hybridized carbons (Fsp3) is 0.562. The monoisotopic (exact) mass is 342 g/mol. The summed E-state index contributed by atoms with van der Waals surface area (Å²) in [7, 11) is 1.34. The molecule has 0 saturated heterocycles. The molecule has 1 aromatic heterocycles. The SMILES string of the molecule is CCOCCCN(C[C@H](C)C(=O)OC)C(=O)c1ccnc(Cl)c1. The summed E-state index contributed by atoms with van der Waals surface area (Å²) in [5, 5.41) is 0.256. The Kier molecular flexibility index (Phi) is 8.58. The van der Waals surface area contributed by atoms with Crippen molar-refractivity contribution in [3.63, 3.8) is 0 Å². The van der Waals surface area contributed by atoms with Crippen molar-refractivity contribution in [2.75, 3.05) is 33.4 Å². The smallest absolute Gasteiger partial charge is 0.310 e. The van der Waals surface area contributed by atoms with E-state index >= 15 is 0 Å². The highest BCUT2D eigenvalue weighted by Gasteiger charge is 2.22. The third-order valence-corrected chi connectivity index (χ3v) is 3.49. The van der Waals surface area contributed by atoms with E-state index in [2.05, 4.69) is 4.98 Å². The summed E-state index contributed by atoms with van der Waals surface area (Å²) >= 11 is 5.84. The lowest BCUT2D eigenvalue weighted by atomic mass is 10.1. The lowest BCUT2D eigenvalue weighted by Gasteiger charge is -2.25. The van der Waals surface area contributed by atoms with Crippen LogP contribution in [0.25, 0.3) is 0 Å². The molecular formula is C16H23ClN2O4. The Balaban J connectivity index is 2.80. The van der Waals surface area contributed by atoms with Gasteiger partial charge in [0, 0.05) is 38.1 Å². The van der Waals surface area contributed by atoms with Gasteiger partial charge in [0.1, 0.15) is 5.15 Å². The molecule has 1 amide bonds. The van der Waals surface area contributed by atoms with Crippen LogP contribution in [0.4, 0.5) is 0 Å². The maximum Gasteiger partial charge on any atom is 0.310 e. The summed E-state index contributed by atoms with van der Waals surface area (Å²) in [6.45, 7) is 5.60. The van der Waals surface area contributed by atoms with Crippen LogP contribution in [0.2, 0.25) is 5.15 Å². The van der Waals surface area contributed by atoms with Crippen molar-refractivity contribution < 1.29 is 19.1 Å². The van der Waals surface area contributed by atoms with E-state index in [0.29, 0.717) is 31.7 Å². The fourth-order valence-corrected chi connectivity index (χ4v) is 2.28. The van der Waals surface area contributed by atoms with E-state index in [1.807, 2.05) is 6.92 Å². The van der Waals surface area contributed by atoms with Crippen LogP contribution >= 0.6 is 11.6 Å². The molecule has 23 heavy (non-hydrogen) atoms. The van der Waals surface area contributed by atoms with Gasteiger partial charge >= 0.3 is 5.97 Å². The highest BCUT2D eigenvalue weighted by atomic mass is 35.5. The molecule has 0 spiro atoms. The maximum absolute atomic E-state index is 12.7. The molecule has 7 heteroatoms. The highest BCUT2D eigenvalue weighted by Crippen LogP contribution is 2.12. The Morgan fingerprint density at radius 1 is 1.43 bits per heavy atom. The van der Waals surface area contributed by atoms with Crippen molar-refractivity contribution >= 4 is 23.5 Å². The molecule has 0 bridgehead atoms. The molecule has 1 heterocycles. The van der Waals surface area contributed by atoms with Gasteiger partial charge in [-0.1, -0.05) is 18.5 Å². The second-order valence-corrected chi connectivity index (χ2v) is 5.48. The number of ether oxygens (including phenoxy) is 2. The minimum atomic E-state index is -0.409. The van der Waals surface area contributed by atoms with Gasteiger partial charge in [0.2, 0.25) is 0 Å². The number of halogens is 1. The Morgan fingerprint density at radius 2 is 2.17 bits per heavy atom. The highest BCUT2D eigenvalue weighted by molar-refractivity contribution is 6.29. The first kappa shape index (κ1) is 19.4. The quantitative estimate of drug-likeness (QED) is 0.391. The predicted octanol–water partition coefficient (Wildman–Crippen LogP) is 2.41. The second-order valence-electron chi connectivity index (χ2n) is 5.09. The van der Waals surface area contributed by atoms with Crippen LogP contribution in [0.15, 0.2) is 18.3 Å². The number of pyridine rings is 1. The first-order chi connectivity index (χ1) is 11.0. The summed E-state index contributed by atoms with van der Waals surface area (Å²) in [4.78, 5) is 29.8. The van der Waals surface area contributed by atoms with Crippen molar-refractivity contribution in [2.45, 2.75) is 20.3 Å². The normalized spacial score (nSPS) is 11.8. The van der Waals surface area contributed by atoms with E-state index in [-0.39, 0.29) is 23.6 Å². The van der Waals surface area contributed by atoms with Gasteiger partial charge in [0.25, 0.3) is 5.91 Å². The molecule has 6 nitrogen and oxygen atoms in total. The van der Waals surface area contributed by atoms with Crippen LogP contribution in [-0.4, -0.2) is 55.2 Å². The van der Waals surface area contributed by atoms with Crippen LogP contribution in [0.5, 0.6) is 0 Å². The lowest BCUT2D eigenvalue weighted by Crippen LogP contribution is -2.38. The van der Waals surface area contributed by atoms with E-state index < -0.39 is 5.92 Å². The molecule has 0 fully saturated rings. The molecule has 0 aliphatic heterocycles. The van der Waals surface area contributed by atoms with Crippen LogP contribution in [-0.2, 0) is 14.3 Å². The third kappa shape index (κ3) is 6.54. The van der Waals surface area contributed by atoms with Crippen molar-refractivity contribution in [1.82, 2.24) is 9.88 Å². The fourth-order valence-electron chi connectivity index (χ4n) is 2.10. The zero-order chi connectivity index (χ0) is 17.2. The minimum Gasteiger partial charge on any atom is -0.469 e. The third-order valence-electron chi connectivity index (χ3n) is 3.28. The van der Waals surface area contributed by atoms with Gasteiger partial charge in [0.05, 0.1) is 13.0 Å². The minimum absolute atomic E-state index is 0.193. The second kappa shape index (κ2) is 10.2. The molecular weight excluding hydrogens is 320 g/mol. The predicted molar refractivity (Wildman–Crippen MR) is 87.4 cm³/mol. The number of aromatic nitrogens is 1. The zero-order valence-corrected chi connectivity index (χ0v) is 14.5. The van der Waals surface area contributed by atoms with Crippen molar-refractivity contribution in [3.8, 4) is 0 Å². The summed E-state index contributed by atoms with van der Waals surface area (Å²) < 4.78 is 10.0. The molecule has 1 rings (SSSR count). The average Bonchev–Trinajstić information content (AvgIpc) is 2.56. The number of hydrogen-bond acceptors (Lipinski definition) is 5. The van der Waals surface area contributed by atoms with Crippen molar-refractivity contribution in [2.24, 2.45) is 5.92 Å². The van der Waals surface area contributed by atoms with E-state index in [1.165, 1.54) is 19.4 Å². The van der Waals surface area contributed by atoms with Gasteiger partial charge in [-0.25, -0.2) is 4.98 Å². The lowest BCUT2D eigenvalue weighted by molar-refractivity contribution is -0.145. The Bertz CT molecular complexity index is 525. The van der Waals surface area contributed by atoms with Gasteiger partial charge in [0.15, 0.2) is 0 Å². The maximum atomic E-state index is 12.7. The Morgan fingerprint density at radius 3 is 2.78 bits per heavy atom. The molecule has 1 aromatic rings. The van der Waals surface area contributed by atoms with Crippen LogP contribution in [0.3, 0.4) is 0 Å². The number of carbonyl (C=O) groups is 2. The summed E-state index contributed by atoms with van der Waals surface area (Å²) in [6.07, 6.45) is 2.17. The molecule has 0 aromatic carbocycles. The van der Waals surface area contributed by atoms with Crippen molar-refractivity contribution in [1.29, 1.82) is 0 Å². The zero-order valence-electron chi connectivity index (χ0n) is 13.8. The first-order valence-corrected chi connectivity index (χ1v) is 7.93. The number of rotatable bonds is 9. The average molecular weight is 343 g/mol. The number of nitrogens with zero attached hydrogens (tertiary/aromatic N) is 2. The summed E-state index contributed by atoms with van der Waals surface area (Å²) in [5.41, 5.74) is 0.443. The molecule has 128 valence electrons. The Hall–Kier alpha value is -1.66. The van der Waals surface area contributed by atoms with Crippen LogP contribution in [0, 0.1) is 5.92 Å². The molecule has 0 radical (unpaired) electrons. The van der Waals surface area contributed by atoms with E-state index in [4.69, 9.17) is 21.1 Å². The van der Waals surface area contributed by atoms with E-state index in [0.717, 1.165) is 0 Å². The number of hydrogen-bond donors (Lipinski definition) is 0. The number of esters is 1. The number of methoxy groups -OCH3 is 1. The molecule has 0 N–H and O–H groups in total. The van der Waals surface area contributed by atoms with Gasteiger partial charge in [-0.2, -0.15) is 0 Å². The van der Waals surface area contributed by atoms with Crippen LogP contribution in [0.1, 0.15) is 30.6 Å². The molecule has 0 aliphatic carbocycles. The van der Waals surface area contributed by atoms with Gasteiger partial charge in [-0.15, -0.1) is 0 Å². The molecule has 0 unspecified atom stereocenters. The summed E-state index contributed by atoms with van der Waals surface area (Å²) in [5.74, 6) is -0.949. The molecule has 1 atom stereocenters. The molecule has 0 aliphatic rings.